The normalized spacial score (nSPS) is 29.5. The molecule has 0 aromatic carbocycles. The summed E-state index contributed by atoms with van der Waals surface area (Å²) in [5.74, 6) is 0. The van der Waals surface area contributed by atoms with Crippen LogP contribution in [0.5, 0.6) is 0 Å². The van der Waals surface area contributed by atoms with Gasteiger partial charge in [0.2, 0.25) is 0 Å². The second kappa shape index (κ2) is 4.40. The fourth-order valence-electron chi connectivity index (χ4n) is 1.69. The predicted molar refractivity (Wildman–Crippen MR) is 56.6 cm³/mol. The van der Waals surface area contributed by atoms with Crippen LogP contribution in [-0.4, -0.2) is 32.7 Å². The molecule has 0 saturated carbocycles. The number of aliphatic hydroxyl groups is 1. The predicted octanol–water partition coefficient (Wildman–Crippen LogP) is -0.576. The summed E-state index contributed by atoms with van der Waals surface area (Å²) in [4.78, 5) is 24.5. The molecule has 3 atom stereocenters. The van der Waals surface area contributed by atoms with Gasteiger partial charge in [0, 0.05) is 12.3 Å². The van der Waals surface area contributed by atoms with Gasteiger partial charge in [0.1, 0.15) is 0 Å². The van der Waals surface area contributed by atoms with E-state index in [1.54, 1.807) is 0 Å². The third-order valence-corrected chi connectivity index (χ3v) is 2.85. The van der Waals surface area contributed by atoms with Crippen LogP contribution in [0.15, 0.2) is 21.9 Å². The molecule has 88 valence electrons. The van der Waals surface area contributed by atoms with E-state index < -0.39 is 22.9 Å². The lowest BCUT2D eigenvalue weighted by Gasteiger charge is -2.16. The van der Waals surface area contributed by atoms with Crippen LogP contribution < -0.4 is 11.2 Å². The topological polar surface area (TPSA) is 84.3 Å². The van der Waals surface area contributed by atoms with Gasteiger partial charge < -0.3 is 9.84 Å². The number of aromatic nitrogens is 2. The minimum Gasteiger partial charge on any atom is -0.394 e. The third kappa shape index (κ3) is 2.04. The first-order valence-corrected chi connectivity index (χ1v) is 5.27. The van der Waals surface area contributed by atoms with Gasteiger partial charge in [0.25, 0.3) is 5.56 Å². The van der Waals surface area contributed by atoms with Gasteiger partial charge in [-0.25, -0.2) is 4.79 Å². The molecule has 1 fully saturated rings. The van der Waals surface area contributed by atoms with Crippen molar-refractivity contribution in [2.75, 3.05) is 6.61 Å². The molecule has 0 bridgehead atoms. The molecule has 2 heterocycles. The number of aliphatic hydroxyl groups excluding tert-OH is 1. The Morgan fingerprint density at radius 2 is 2.38 bits per heavy atom. The summed E-state index contributed by atoms with van der Waals surface area (Å²) in [7, 11) is 0. The highest BCUT2D eigenvalue weighted by molar-refractivity contribution is 6.21. The molecule has 2 N–H and O–H groups in total. The number of nitrogens with zero attached hydrogens (tertiary/aromatic N) is 1. The van der Waals surface area contributed by atoms with Crippen LogP contribution >= 0.6 is 11.6 Å². The molecule has 6 nitrogen and oxygen atoms in total. The molecule has 0 spiro atoms. The highest BCUT2D eigenvalue weighted by Crippen LogP contribution is 2.31. The Balaban J connectivity index is 2.31. The minimum atomic E-state index is -0.650. The van der Waals surface area contributed by atoms with Gasteiger partial charge in [-0.15, -0.1) is 11.6 Å². The lowest BCUT2D eigenvalue weighted by Crippen LogP contribution is -2.33. The van der Waals surface area contributed by atoms with Gasteiger partial charge in [-0.05, 0) is 6.42 Å². The lowest BCUT2D eigenvalue weighted by atomic mass is 10.2. The number of rotatable bonds is 2. The molecule has 0 radical (unpaired) electrons. The van der Waals surface area contributed by atoms with E-state index in [2.05, 4.69) is 4.98 Å². The van der Waals surface area contributed by atoms with Crippen LogP contribution in [0.1, 0.15) is 12.6 Å². The van der Waals surface area contributed by atoms with Crippen molar-refractivity contribution in [1.29, 1.82) is 0 Å². The largest absolute Gasteiger partial charge is 0.394 e. The molecule has 1 aromatic rings. The summed E-state index contributed by atoms with van der Waals surface area (Å²) < 4.78 is 6.61. The van der Waals surface area contributed by atoms with Gasteiger partial charge in [-0.2, -0.15) is 0 Å². The number of ether oxygens (including phenoxy) is 1. The Morgan fingerprint density at radius 3 is 2.94 bits per heavy atom. The van der Waals surface area contributed by atoms with Gasteiger partial charge in [-0.1, -0.05) is 0 Å². The van der Waals surface area contributed by atoms with Crippen molar-refractivity contribution in [1.82, 2.24) is 9.55 Å². The molecule has 1 aliphatic heterocycles. The highest BCUT2D eigenvalue weighted by atomic mass is 35.5. The number of halogens is 1. The van der Waals surface area contributed by atoms with Crippen LogP contribution in [0.4, 0.5) is 0 Å². The second-order valence-corrected chi connectivity index (χ2v) is 4.16. The standard InChI is InChI=1S/C9H11ClN2O4/c10-6-3-5(4-13)16-8(6)12-2-1-7(14)11-9(12)15/h1-2,5-6,8,13H,3-4H2,(H,11,14,15). The Hall–Kier alpha value is -1.11. The zero-order valence-electron chi connectivity index (χ0n) is 8.30. The van der Waals surface area contributed by atoms with Gasteiger partial charge in [0.05, 0.1) is 18.1 Å². The summed E-state index contributed by atoms with van der Waals surface area (Å²) in [5, 5.41) is 8.53. The fourth-order valence-corrected chi connectivity index (χ4v) is 2.07. The van der Waals surface area contributed by atoms with Crippen molar-refractivity contribution >= 4 is 11.6 Å². The SMILES string of the molecule is O=c1ccn(C2OC(CO)CC2Cl)c(=O)[nH]1. The minimum absolute atomic E-state index is 0.141. The molecule has 16 heavy (non-hydrogen) atoms. The van der Waals surface area contributed by atoms with Gasteiger partial charge in [0.15, 0.2) is 6.23 Å². The molecule has 1 aliphatic rings. The molecular formula is C9H11ClN2O4. The summed E-state index contributed by atoms with van der Waals surface area (Å²) in [6.07, 6.45) is 0.782. The molecule has 1 saturated heterocycles. The number of nitrogens with one attached hydrogen (secondary N) is 1. The number of hydrogen-bond donors (Lipinski definition) is 2. The van der Waals surface area contributed by atoms with Crippen molar-refractivity contribution < 1.29 is 9.84 Å². The Morgan fingerprint density at radius 1 is 1.62 bits per heavy atom. The maximum atomic E-state index is 11.5. The van der Waals surface area contributed by atoms with Crippen LogP contribution in [0.25, 0.3) is 0 Å². The summed E-state index contributed by atoms with van der Waals surface area (Å²) in [6, 6.07) is 1.22. The van der Waals surface area contributed by atoms with Crippen LogP contribution in [0, 0.1) is 0 Å². The van der Waals surface area contributed by atoms with Crippen molar-refractivity contribution in [3.05, 3.63) is 33.1 Å². The molecule has 7 heteroatoms. The maximum Gasteiger partial charge on any atom is 0.330 e. The summed E-state index contributed by atoms with van der Waals surface area (Å²) >= 11 is 6.01. The van der Waals surface area contributed by atoms with Crippen molar-refractivity contribution in [3.63, 3.8) is 0 Å². The molecule has 3 unspecified atom stereocenters. The Bertz CT molecular complexity index is 483. The third-order valence-electron chi connectivity index (χ3n) is 2.46. The zero-order valence-corrected chi connectivity index (χ0v) is 9.05. The molecular weight excluding hydrogens is 236 g/mol. The average Bonchev–Trinajstić information content (AvgIpc) is 2.60. The smallest absolute Gasteiger partial charge is 0.330 e. The fraction of sp³-hybridized carbons (Fsp3) is 0.556. The van der Waals surface area contributed by atoms with E-state index in [1.165, 1.54) is 16.8 Å². The maximum absolute atomic E-state index is 11.5. The average molecular weight is 247 g/mol. The summed E-state index contributed by atoms with van der Waals surface area (Å²) in [5.41, 5.74) is -1.04. The van der Waals surface area contributed by atoms with E-state index in [4.69, 9.17) is 21.4 Å². The number of alkyl halides is 1. The van der Waals surface area contributed by atoms with E-state index in [1.807, 2.05) is 0 Å². The van der Waals surface area contributed by atoms with E-state index in [9.17, 15) is 9.59 Å². The van der Waals surface area contributed by atoms with E-state index in [-0.39, 0.29) is 12.7 Å². The lowest BCUT2D eigenvalue weighted by molar-refractivity contribution is -0.0238. The van der Waals surface area contributed by atoms with Crippen LogP contribution in [0.3, 0.4) is 0 Å². The Labute approximate surface area is 95.4 Å². The molecule has 1 aromatic heterocycles. The molecule has 2 rings (SSSR count). The number of H-pyrrole nitrogens is 1. The zero-order chi connectivity index (χ0) is 11.7. The van der Waals surface area contributed by atoms with E-state index >= 15 is 0 Å². The first kappa shape index (κ1) is 11.4. The monoisotopic (exact) mass is 246 g/mol. The second-order valence-electron chi connectivity index (χ2n) is 3.60. The van der Waals surface area contributed by atoms with Gasteiger partial charge in [-0.3, -0.25) is 14.3 Å². The number of aromatic amines is 1. The molecule has 0 aliphatic carbocycles. The van der Waals surface area contributed by atoms with Gasteiger partial charge >= 0.3 is 5.69 Å². The first-order valence-electron chi connectivity index (χ1n) is 4.83. The summed E-state index contributed by atoms with van der Waals surface area (Å²) in [6.45, 7) is -0.141. The highest BCUT2D eigenvalue weighted by Gasteiger charge is 2.35. The quantitative estimate of drug-likeness (QED) is 0.684. The van der Waals surface area contributed by atoms with E-state index in [0.29, 0.717) is 6.42 Å². The van der Waals surface area contributed by atoms with Crippen LogP contribution in [0.2, 0.25) is 0 Å². The van der Waals surface area contributed by atoms with Crippen molar-refractivity contribution in [2.24, 2.45) is 0 Å². The van der Waals surface area contributed by atoms with E-state index in [0.717, 1.165) is 0 Å². The first-order chi connectivity index (χ1) is 7.61. The van der Waals surface area contributed by atoms with Crippen LogP contribution in [-0.2, 0) is 4.74 Å². The Kier molecular flexibility index (Phi) is 3.13. The molecule has 0 amide bonds. The van der Waals surface area contributed by atoms with Crippen molar-refractivity contribution in [3.8, 4) is 0 Å². The van der Waals surface area contributed by atoms with Crippen molar-refractivity contribution in [2.45, 2.75) is 24.1 Å². The number of hydrogen-bond acceptors (Lipinski definition) is 4.